The van der Waals surface area contributed by atoms with Crippen molar-refractivity contribution in [2.75, 3.05) is 12.4 Å². The van der Waals surface area contributed by atoms with Gasteiger partial charge >= 0.3 is 0 Å². The number of ether oxygens (including phenoxy) is 1. The van der Waals surface area contributed by atoms with Gasteiger partial charge in [-0.15, -0.1) is 11.8 Å². The van der Waals surface area contributed by atoms with E-state index in [0.29, 0.717) is 5.75 Å². The number of benzene rings is 1. The van der Waals surface area contributed by atoms with Crippen LogP contribution < -0.4 is 10.1 Å². The standard InChI is InChI=1S/C17H21NO3S/c1-12(2)16(22-11-15-5-4-10-21-15)17(19)18-13-6-8-14(20-3)9-7-13/h4-10,12,16H,11H2,1-3H3,(H,18,19). The average molecular weight is 319 g/mol. The van der Waals surface area contributed by atoms with Crippen molar-refractivity contribution in [1.82, 2.24) is 0 Å². The molecule has 1 N–H and O–H groups in total. The Bertz CT molecular complexity index is 578. The maximum absolute atomic E-state index is 12.5. The number of hydrogen-bond acceptors (Lipinski definition) is 4. The van der Waals surface area contributed by atoms with E-state index in [1.165, 1.54) is 0 Å². The van der Waals surface area contributed by atoms with Crippen molar-refractivity contribution in [2.24, 2.45) is 5.92 Å². The first-order valence-corrected chi connectivity index (χ1v) is 8.24. The zero-order valence-corrected chi connectivity index (χ0v) is 13.9. The van der Waals surface area contributed by atoms with Gasteiger partial charge in [-0.05, 0) is 42.3 Å². The summed E-state index contributed by atoms with van der Waals surface area (Å²) in [6.45, 7) is 4.10. The molecule has 4 nitrogen and oxygen atoms in total. The molecule has 0 bridgehead atoms. The van der Waals surface area contributed by atoms with Crippen LogP contribution >= 0.6 is 11.8 Å². The Balaban J connectivity index is 1.96. The molecule has 1 heterocycles. The summed E-state index contributed by atoms with van der Waals surface area (Å²) in [5.41, 5.74) is 0.773. The van der Waals surface area contributed by atoms with E-state index in [4.69, 9.17) is 9.15 Å². The second kappa shape index (κ2) is 7.94. The summed E-state index contributed by atoms with van der Waals surface area (Å²) >= 11 is 1.59. The number of carbonyl (C=O) groups is 1. The molecule has 1 unspecified atom stereocenters. The molecule has 1 amide bonds. The topological polar surface area (TPSA) is 51.5 Å². The summed E-state index contributed by atoms with van der Waals surface area (Å²) in [7, 11) is 1.62. The Morgan fingerprint density at radius 2 is 2.00 bits per heavy atom. The van der Waals surface area contributed by atoms with Gasteiger partial charge in [0.1, 0.15) is 11.5 Å². The van der Waals surface area contributed by atoms with E-state index in [0.717, 1.165) is 17.2 Å². The summed E-state index contributed by atoms with van der Waals surface area (Å²) in [5.74, 6) is 2.58. The van der Waals surface area contributed by atoms with Gasteiger partial charge in [0.25, 0.3) is 0 Å². The number of carbonyl (C=O) groups excluding carboxylic acids is 1. The van der Waals surface area contributed by atoms with Crippen LogP contribution in [0.3, 0.4) is 0 Å². The fourth-order valence-corrected chi connectivity index (χ4v) is 3.13. The number of nitrogens with one attached hydrogen (secondary N) is 1. The Hall–Kier alpha value is -1.88. The van der Waals surface area contributed by atoms with Crippen LogP contribution in [-0.2, 0) is 10.5 Å². The fraction of sp³-hybridized carbons (Fsp3) is 0.353. The van der Waals surface area contributed by atoms with Crippen LogP contribution in [0.5, 0.6) is 5.75 Å². The molecule has 0 aliphatic rings. The lowest BCUT2D eigenvalue weighted by molar-refractivity contribution is -0.116. The highest BCUT2D eigenvalue weighted by atomic mass is 32.2. The minimum Gasteiger partial charge on any atom is -0.497 e. The van der Waals surface area contributed by atoms with Crippen molar-refractivity contribution in [2.45, 2.75) is 24.9 Å². The highest BCUT2D eigenvalue weighted by molar-refractivity contribution is 7.99. The van der Waals surface area contributed by atoms with E-state index in [2.05, 4.69) is 5.32 Å². The number of hydrogen-bond donors (Lipinski definition) is 1. The Labute approximate surface area is 135 Å². The number of anilines is 1. The predicted molar refractivity (Wildman–Crippen MR) is 90.3 cm³/mol. The molecule has 0 saturated carbocycles. The largest absolute Gasteiger partial charge is 0.497 e. The number of methoxy groups -OCH3 is 1. The zero-order chi connectivity index (χ0) is 15.9. The molecule has 118 valence electrons. The lowest BCUT2D eigenvalue weighted by atomic mass is 10.1. The van der Waals surface area contributed by atoms with E-state index in [9.17, 15) is 4.79 Å². The summed E-state index contributed by atoms with van der Waals surface area (Å²) in [5, 5.41) is 2.83. The van der Waals surface area contributed by atoms with Crippen LogP contribution in [0.2, 0.25) is 0 Å². The lowest BCUT2D eigenvalue weighted by Gasteiger charge is -2.19. The summed E-state index contributed by atoms with van der Waals surface area (Å²) < 4.78 is 10.4. The third kappa shape index (κ3) is 4.56. The molecule has 1 aromatic heterocycles. The van der Waals surface area contributed by atoms with E-state index in [-0.39, 0.29) is 17.1 Å². The molecule has 5 heteroatoms. The van der Waals surface area contributed by atoms with Gasteiger partial charge in [-0.1, -0.05) is 13.8 Å². The molecular weight excluding hydrogens is 298 g/mol. The van der Waals surface area contributed by atoms with Crippen molar-refractivity contribution < 1.29 is 13.9 Å². The van der Waals surface area contributed by atoms with E-state index >= 15 is 0 Å². The summed E-state index contributed by atoms with van der Waals surface area (Å²) in [6, 6.07) is 11.1. The minimum absolute atomic E-state index is 0.0109. The summed E-state index contributed by atoms with van der Waals surface area (Å²) in [4.78, 5) is 12.5. The molecule has 0 aliphatic heterocycles. The monoisotopic (exact) mass is 319 g/mol. The molecule has 1 aromatic carbocycles. The van der Waals surface area contributed by atoms with Gasteiger partial charge in [-0.2, -0.15) is 0 Å². The number of amides is 1. The molecule has 0 radical (unpaired) electrons. The molecule has 22 heavy (non-hydrogen) atoms. The van der Waals surface area contributed by atoms with Gasteiger partial charge in [0, 0.05) is 5.69 Å². The SMILES string of the molecule is COc1ccc(NC(=O)C(SCc2ccco2)C(C)C)cc1. The minimum atomic E-state index is -0.132. The fourth-order valence-electron chi connectivity index (χ4n) is 2.03. The van der Waals surface area contributed by atoms with Gasteiger partial charge in [-0.25, -0.2) is 0 Å². The maximum Gasteiger partial charge on any atom is 0.237 e. The molecule has 0 fully saturated rings. The number of thioether (sulfide) groups is 1. The third-order valence-corrected chi connectivity index (χ3v) is 4.78. The quantitative estimate of drug-likeness (QED) is 0.831. The zero-order valence-electron chi connectivity index (χ0n) is 13.0. The van der Waals surface area contributed by atoms with Gasteiger partial charge < -0.3 is 14.5 Å². The van der Waals surface area contributed by atoms with E-state index in [1.54, 1.807) is 25.1 Å². The first kappa shape index (κ1) is 16.5. The average Bonchev–Trinajstić information content (AvgIpc) is 3.01. The molecule has 0 aliphatic carbocycles. The van der Waals surface area contributed by atoms with Crippen LogP contribution in [-0.4, -0.2) is 18.3 Å². The second-order valence-corrected chi connectivity index (χ2v) is 6.40. The number of rotatable bonds is 7. The van der Waals surface area contributed by atoms with Gasteiger partial charge in [0.15, 0.2) is 0 Å². The summed E-state index contributed by atoms with van der Waals surface area (Å²) in [6.07, 6.45) is 1.65. The lowest BCUT2D eigenvalue weighted by Crippen LogP contribution is -2.29. The second-order valence-electron chi connectivity index (χ2n) is 5.27. The smallest absolute Gasteiger partial charge is 0.237 e. The van der Waals surface area contributed by atoms with Crippen molar-refractivity contribution in [3.8, 4) is 5.75 Å². The first-order valence-electron chi connectivity index (χ1n) is 7.19. The van der Waals surface area contributed by atoms with Gasteiger partial charge in [-0.3, -0.25) is 4.79 Å². The van der Waals surface area contributed by atoms with Crippen LogP contribution in [0.1, 0.15) is 19.6 Å². The van der Waals surface area contributed by atoms with Crippen LogP contribution in [0.4, 0.5) is 5.69 Å². The molecule has 0 saturated heterocycles. The molecular formula is C17H21NO3S. The Morgan fingerprint density at radius 1 is 1.27 bits per heavy atom. The number of furan rings is 1. The third-order valence-electron chi connectivity index (χ3n) is 3.21. The highest BCUT2D eigenvalue weighted by Gasteiger charge is 2.23. The van der Waals surface area contributed by atoms with Gasteiger partial charge in [0.05, 0.1) is 24.4 Å². The first-order chi connectivity index (χ1) is 10.6. The van der Waals surface area contributed by atoms with Crippen molar-refractivity contribution in [3.63, 3.8) is 0 Å². The molecule has 0 spiro atoms. The maximum atomic E-state index is 12.5. The Kier molecular flexibility index (Phi) is 5.95. The molecule has 2 rings (SSSR count). The van der Waals surface area contributed by atoms with Crippen LogP contribution in [0.15, 0.2) is 47.1 Å². The van der Waals surface area contributed by atoms with E-state index in [1.807, 2.05) is 50.2 Å². The van der Waals surface area contributed by atoms with Crippen LogP contribution in [0.25, 0.3) is 0 Å². The predicted octanol–water partition coefficient (Wildman–Crippen LogP) is 4.18. The van der Waals surface area contributed by atoms with Gasteiger partial charge in [0.2, 0.25) is 5.91 Å². The highest BCUT2D eigenvalue weighted by Crippen LogP contribution is 2.26. The van der Waals surface area contributed by atoms with Crippen LogP contribution in [0, 0.1) is 5.92 Å². The van der Waals surface area contributed by atoms with Crippen molar-refractivity contribution in [1.29, 1.82) is 0 Å². The van der Waals surface area contributed by atoms with E-state index < -0.39 is 0 Å². The van der Waals surface area contributed by atoms with Crippen molar-refractivity contribution >= 4 is 23.4 Å². The Morgan fingerprint density at radius 3 is 2.55 bits per heavy atom. The molecule has 1 atom stereocenters. The van der Waals surface area contributed by atoms with Crippen molar-refractivity contribution in [3.05, 3.63) is 48.4 Å². The molecule has 2 aromatic rings. The normalized spacial score (nSPS) is 12.2.